The van der Waals surface area contributed by atoms with Crippen LogP contribution in [0.1, 0.15) is 25.6 Å². The van der Waals surface area contributed by atoms with Crippen LogP contribution in [0, 0.1) is 0 Å². The molecule has 1 aromatic rings. The Morgan fingerprint density at radius 3 is 3.17 bits per heavy atom. The minimum absolute atomic E-state index is 0.340. The average molecular weight is 253 g/mol. The highest BCUT2D eigenvalue weighted by atomic mass is 16.5. The third kappa shape index (κ3) is 3.80. The Balaban J connectivity index is 1.79. The number of rotatable bonds is 7. The lowest BCUT2D eigenvalue weighted by Gasteiger charge is -2.14. The molecule has 1 saturated heterocycles. The van der Waals surface area contributed by atoms with Gasteiger partial charge >= 0.3 is 0 Å². The predicted octanol–water partition coefficient (Wildman–Crippen LogP) is 1.19. The highest BCUT2D eigenvalue weighted by molar-refractivity contribution is 4.93. The Kier molecular flexibility index (Phi) is 5.16. The molecular weight excluding hydrogens is 230 g/mol. The summed E-state index contributed by atoms with van der Waals surface area (Å²) in [6.45, 7) is 5.40. The molecule has 0 spiro atoms. The maximum absolute atomic E-state index is 5.84. The van der Waals surface area contributed by atoms with E-state index in [2.05, 4.69) is 21.8 Å². The van der Waals surface area contributed by atoms with Crippen molar-refractivity contribution in [2.45, 2.75) is 45.1 Å². The van der Waals surface area contributed by atoms with Gasteiger partial charge in [0.15, 0.2) is 0 Å². The number of methoxy groups -OCH3 is 1. The van der Waals surface area contributed by atoms with Crippen LogP contribution in [0.25, 0.3) is 0 Å². The molecule has 102 valence electrons. The van der Waals surface area contributed by atoms with Crippen molar-refractivity contribution in [1.29, 1.82) is 0 Å². The minimum Gasteiger partial charge on any atom is -0.383 e. The first kappa shape index (κ1) is 13.5. The van der Waals surface area contributed by atoms with E-state index >= 15 is 0 Å². The summed E-state index contributed by atoms with van der Waals surface area (Å²) in [5.41, 5.74) is 0. The van der Waals surface area contributed by atoms with Crippen LogP contribution in [-0.2, 0) is 22.6 Å². The van der Waals surface area contributed by atoms with Crippen LogP contribution in [0.4, 0.5) is 0 Å². The molecule has 5 heteroatoms. The fourth-order valence-electron chi connectivity index (χ4n) is 2.29. The zero-order valence-electron chi connectivity index (χ0n) is 11.3. The molecule has 2 rings (SSSR count). The van der Waals surface area contributed by atoms with Gasteiger partial charge in [0.1, 0.15) is 5.82 Å². The highest BCUT2D eigenvalue weighted by Gasteiger charge is 2.22. The van der Waals surface area contributed by atoms with Crippen molar-refractivity contribution >= 4 is 0 Å². The standard InChI is InChI=1S/C13H23N3O2/c1-11-3-4-12(18-11)10-16-7-5-15-13(16)9-14-6-8-17-2/h5,7,11-12,14H,3-4,6,8-10H2,1-2H3. The molecule has 0 saturated carbocycles. The third-order valence-electron chi connectivity index (χ3n) is 3.29. The van der Waals surface area contributed by atoms with Gasteiger partial charge in [-0.1, -0.05) is 0 Å². The molecule has 0 aromatic carbocycles. The molecule has 0 radical (unpaired) electrons. The summed E-state index contributed by atoms with van der Waals surface area (Å²) in [5, 5.41) is 3.31. The normalized spacial score (nSPS) is 23.7. The second-order valence-corrected chi connectivity index (χ2v) is 4.81. The summed E-state index contributed by atoms with van der Waals surface area (Å²) < 4.78 is 13.0. The van der Waals surface area contributed by atoms with E-state index in [4.69, 9.17) is 9.47 Å². The minimum atomic E-state index is 0.340. The first-order valence-corrected chi connectivity index (χ1v) is 6.64. The summed E-state index contributed by atoms with van der Waals surface area (Å²) in [5.74, 6) is 1.06. The van der Waals surface area contributed by atoms with Gasteiger partial charge in [-0.25, -0.2) is 4.98 Å². The monoisotopic (exact) mass is 253 g/mol. The lowest BCUT2D eigenvalue weighted by Crippen LogP contribution is -2.23. The van der Waals surface area contributed by atoms with E-state index in [1.54, 1.807) is 7.11 Å². The van der Waals surface area contributed by atoms with E-state index in [9.17, 15) is 0 Å². The molecule has 0 aliphatic carbocycles. The van der Waals surface area contributed by atoms with E-state index in [0.717, 1.165) is 38.5 Å². The quantitative estimate of drug-likeness (QED) is 0.742. The average Bonchev–Trinajstić information content (AvgIpc) is 2.95. The molecule has 1 N–H and O–H groups in total. The molecule has 2 atom stereocenters. The van der Waals surface area contributed by atoms with Crippen molar-refractivity contribution < 1.29 is 9.47 Å². The first-order valence-electron chi connectivity index (χ1n) is 6.64. The van der Waals surface area contributed by atoms with E-state index in [1.807, 2.05) is 12.4 Å². The van der Waals surface area contributed by atoms with Crippen molar-refractivity contribution in [3.8, 4) is 0 Å². The van der Waals surface area contributed by atoms with Crippen LogP contribution in [0.3, 0.4) is 0 Å². The number of hydrogen-bond acceptors (Lipinski definition) is 4. The summed E-state index contributed by atoms with van der Waals surface area (Å²) in [6, 6.07) is 0. The van der Waals surface area contributed by atoms with Gasteiger partial charge in [0, 0.05) is 26.0 Å². The van der Waals surface area contributed by atoms with Crippen molar-refractivity contribution in [1.82, 2.24) is 14.9 Å². The summed E-state index contributed by atoms with van der Waals surface area (Å²) in [7, 11) is 1.71. The van der Waals surface area contributed by atoms with Gasteiger partial charge in [0.25, 0.3) is 0 Å². The second-order valence-electron chi connectivity index (χ2n) is 4.81. The van der Waals surface area contributed by atoms with Crippen LogP contribution in [0.5, 0.6) is 0 Å². The maximum Gasteiger partial charge on any atom is 0.122 e. The number of ether oxygens (including phenoxy) is 2. The molecule has 18 heavy (non-hydrogen) atoms. The molecular formula is C13H23N3O2. The van der Waals surface area contributed by atoms with Crippen LogP contribution >= 0.6 is 0 Å². The van der Waals surface area contributed by atoms with Crippen LogP contribution < -0.4 is 5.32 Å². The molecule has 5 nitrogen and oxygen atoms in total. The summed E-state index contributed by atoms with van der Waals surface area (Å²) in [6.07, 6.45) is 6.94. The number of imidazole rings is 1. The van der Waals surface area contributed by atoms with E-state index in [0.29, 0.717) is 12.2 Å². The number of hydrogen-bond donors (Lipinski definition) is 1. The third-order valence-corrected chi connectivity index (χ3v) is 3.29. The van der Waals surface area contributed by atoms with Crippen molar-refractivity contribution in [2.75, 3.05) is 20.3 Å². The van der Waals surface area contributed by atoms with Crippen molar-refractivity contribution in [3.05, 3.63) is 18.2 Å². The van der Waals surface area contributed by atoms with E-state index in [1.165, 1.54) is 6.42 Å². The lowest BCUT2D eigenvalue weighted by molar-refractivity contribution is 0.0452. The molecule has 1 fully saturated rings. The zero-order chi connectivity index (χ0) is 12.8. The molecule has 2 heterocycles. The van der Waals surface area contributed by atoms with Crippen LogP contribution in [0.15, 0.2) is 12.4 Å². The smallest absolute Gasteiger partial charge is 0.122 e. The Morgan fingerprint density at radius 2 is 2.44 bits per heavy atom. The fraction of sp³-hybridized carbons (Fsp3) is 0.769. The van der Waals surface area contributed by atoms with Crippen LogP contribution in [0.2, 0.25) is 0 Å². The fourth-order valence-corrected chi connectivity index (χ4v) is 2.29. The van der Waals surface area contributed by atoms with Crippen LogP contribution in [-0.4, -0.2) is 42.0 Å². The number of nitrogens with zero attached hydrogens (tertiary/aromatic N) is 2. The number of aromatic nitrogens is 2. The molecule has 0 bridgehead atoms. The Morgan fingerprint density at radius 1 is 1.56 bits per heavy atom. The van der Waals surface area contributed by atoms with Crippen molar-refractivity contribution in [2.24, 2.45) is 0 Å². The van der Waals surface area contributed by atoms with Gasteiger partial charge in [-0.2, -0.15) is 0 Å². The summed E-state index contributed by atoms with van der Waals surface area (Å²) >= 11 is 0. The van der Waals surface area contributed by atoms with Gasteiger partial charge in [-0.05, 0) is 19.8 Å². The summed E-state index contributed by atoms with van der Waals surface area (Å²) in [4.78, 5) is 4.38. The predicted molar refractivity (Wildman–Crippen MR) is 69.4 cm³/mol. The van der Waals surface area contributed by atoms with Gasteiger partial charge in [0.05, 0.1) is 31.9 Å². The van der Waals surface area contributed by atoms with E-state index in [-0.39, 0.29) is 0 Å². The first-order chi connectivity index (χ1) is 8.79. The lowest BCUT2D eigenvalue weighted by atomic mass is 10.2. The topological polar surface area (TPSA) is 48.3 Å². The molecule has 1 aromatic heterocycles. The maximum atomic E-state index is 5.84. The number of nitrogens with one attached hydrogen (secondary N) is 1. The largest absolute Gasteiger partial charge is 0.383 e. The molecule has 0 amide bonds. The SMILES string of the molecule is COCCNCc1nccn1CC1CCC(C)O1. The van der Waals surface area contributed by atoms with E-state index < -0.39 is 0 Å². The molecule has 1 aliphatic rings. The Labute approximate surface area is 108 Å². The van der Waals surface area contributed by atoms with Gasteiger partial charge in [-0.3, -0.25) is 0 Å². The van der Waals surface area contributed by atoms with Gasteiger partial charge in [-0.15, -0.1) is 0 Å². The Bertz CT molecular complexity index is 354. The van der Waals surface area contributed by atoms with Gasteiger partial charge < -0.3 is 19.4 Å². The molecule has 2 unspecified atom stereocenters. The Hall–Kier alpha value is -0.910. The zero-order valence-corrected chi connectivity index (χ0v) is 11.3. The molecule has 1 aliphatic heterocycles. The second kappa shape index (κ2) is 6.87. The highest BCUT2D eigenvalue weighted by Crippen LogP contribution is 2.20. The van der Waals surface area contributed by atoms with Crippen molar-refractivity contribution in [3.63, 3.8) is 0 Å². The van der Waals surface area contributed by atoms with Gasteiger partial charge in [0.2, 0.25) is 0 Å².